The SMILES string of the molecule is C.C.CCCC[Si](C)(C)O[Si](C)(C)CCCOCCOC(=O)C(C)(C)Br. The number of halogens is 1. The second-order valence-corrected chi connectivity index (χ2v) is 18.9. The first-order valence-corrected chi connectivity index (χ1v) is 16.1. The van der Waals surface area contributed by atoms with Gasteiger partial charge in [-0.05, 0) is 58.5 Å². The van der Waals surface area contributed by atoms with Crippen LogP contribution in [0.3, 0.4) is 0 Å². The van der Waals surface area contributed by atoms with E-state index in [4.69, 9.17) is 13.6 Å². The van der Waals surface area contributed by atoms with Gasteiger partial charge in [-0.15, -0.1) is 0 Å². The molecule has 0 aliphatic rings. The number of rotatable bonds is 13. The van der Waals surface area contributed by atoms with Gasteiger partial charge in [-0.2, -0.15) is 0 Å². The van der Waals surface area contributed by atoms with Crippen molar-refractivity contribution < 1.29 is 18.4 Å². The van der Waals surface area contributed by atoms with E-state index in [1.54, 1.807) is 13.8 Å². The van der Waals surface area contributed by atoms with Crippen molar-refractivity contribution in [2.45, 2.75) is 97.5 Å². The molecule has 0 rings (SSSR count). The largest absolute Gasteiger partial charge is 0.462 e. The number of unbranched alkanes of at least 4 members (excludes halogenated alkanes) is 1. The summed E-state index contributed by atoms with van der Waals surface area (Å²) in [6, 6.07) is 2.37. The molecule has 0 saturated carbocycles. The highest BCUT2D eigenvalue weighted by molar-refractivity contribution is 9.10. The van der Waals surface area contributed by atoms with E-state index in [2.05, 4.69) is 49.0 Å². The summed E-state index contributed by atoms with van der Waals surface area (Å²) in [5.74, 6) is -0.257. The molecule has 0 saturated heterocycles. The first kappa shape index (κ1) is 31.0. The third-order valence-corrected chi connectivity index (χ3v) is 11.6. The Morgan fingerprint density at radius 1 is 0.923 bits per heavy atom. The predicted molar refractivity (Wildman–Crippen MR) is 123 cm³/mol. The highest BCUT2D eigenvalue weighted by Crippen LogP contribution is 2.24. The maximum absolute atomic E-state index is 11.6. The fourth-order valence-corrected chi connectivity index (χ4v) is 11.6. The van der Waals surface area contributed by atoms with Gasteiger partial charge < -0.3 is 13.6 Å². The van der Waals surface area contributed by atoms with Gasteiger partial charge in [0.2, 0.25) is 0 Å². The van der Waals surface area contributed by atoms with Gasteiger partial charge in [0.05, 0.1) is 6.61 Å². The van der Waals surface area contributed by atoms with E-state index < -0.39 is 21.0 Å². The highest BCUT2D eigenvalue weighted by Gasteiger charge is 2.32. The number of hydrogen-bond acceptors (Lipinski definition) is 4. The lowest BCUT2D eigenvalue weighted by Gasteiger charge is -2.34. The molecule has 0 radical (unpaired) electrons. The molecule has 0 unspecified atom stereocenters. The van der Waals surface area contributed by atoms with Crippen molar-refractivity contribution in [3.8, 4) is 0 Å². The van der Waals surface area contributed by atoms with E-state index in [-0.39, 0.29) is 20.8 Å². The zero-order chi connectivity index (χ0) is 18.9. The molecular formula is C19H45BrO4Si2. The van der Waals surface area contributed by atoms with Gasteiger partial charge in [0.25, 0.3) is 0 Å². The minimum atomic E-state index is -1.61. The van der Waals surface area contributed by atoms with Gasteiger partial charge in [-0.25, -0.2) is 0 Å². The third kappa shape index (κ3) is 16.5. The monoisotopic (exact) mass is 472 g/mol. The van der Waals surface area contributed by atoms with Crippen molar-refractivity contribution >= 4 is 38.5 Å². The number of ether oxygens (including phenoxy) is 2. The highest BCUT2D eigenvalue weighted by atomic mass is 79.9. The summed E-state index contributed by atoms with van der Waals surface area (Å²) in [6.07, 6.45) is 3.53. The van der Waals surface area contributed by atoms with Crippen LogP contribution in [-0.2, 0) is 18.4 Å². The normalized spacial score (nSPS) is 12.2. The van der Waals surface area contributed by atoms with Crippen LogP contribution < -0.4 is 0 Å². The Labute approximate surface area is 174 Å². The molecule has 0 N–H and O–H groups in total. The van der Waals surface area contributed by atoms with Gasteiger partial charge in [-0.3, -0.25) is 4.79 Å². The number of alkyl halides is 1. The van der Waals surface area contributed by atoms with Gasteiger partial charge >= 0.3 is 5.97 Å². The van der Waals surface area contributed by atoms with E-state index in [1.165, 1.54) is 18.9 Å². The Hall–Kier alpha value is 0.304. The first-order chi connectivity index (χ1) is 10.9. The molecule has 0 fully saturated rings. The number of esters is 1. The fraction of sp³-hybridized carbons (Fsp3) is 0.947. The molecule has 7 heteroatoms. The summed E-state index contributed by atoms with van der Waals surface area (Å²) < 4.78 is 16.6. The summed E-state index contributed by atoms with van der Waals surface area (Å²) in [4.78, 5) is 11.6. The van der Waals surface area contributed by atoms with Crippen LogP contribution in [0.2, 0.25) is 38.3 Å². The fourth-order valence-electron chi connectivity index (χ4n) is 2.52. The molecular weight excluding hydrogens is 428 g/mol. The van der Waals surface area contributed by atoms with E-state index >= 15 is 0 Å². The van der Waals surface area contributed by atoms with Crippen LogP contribution in [-0.4, -0.2) is 46.7 Å². The van der Waals surface area contributed by atoms with E-state index in [1.807, 2.05) is 0 Å². The standard InChI is InChI=1S/C17H37BrO4Si2.2CH4/c1-8-9-14-23(4,5)22-24(6,7)15-10-11-20-12-13-21-16(19)17(2,3)18;;/h8-15H2,1-7H3;2*1H4. The summed E-state index contributed by atoms with van der Waals surface area (Å²) in [5.41, 5.74) is 0. The summed E-state index contributed by atoms with van der Waals surface area (Å²) in [6.45, 7) is 16.5. The average Bonchev–Trinajstić information content (AvgIpc) is 2.41. The Morgan fingerprint density at radius 2 is 1.42 bits per heavy atom. The second-order valence-electron chi connectivity index (χ2n) is 8.05. The Kier molecular flexibility index (Phi) is 17.1. The zero-order valence-corrected chi connectivity index (χ0v) is 20.3. The van der Waals surface area contributed by atoms with Crippen LogP contribution in [0.25, 0.3) is 0 Å². The topological polar surface area (TPSA) is 44.8 Å². The minimum Gasteiger partial charge on any atom is -0.462 e. The van der Waals surface area contributed by atoms with E-state index in [9.17, 15) is 4.79 Å². The smallest absolute Gasteiger partial charge is 0.322 e. The van der Waals surface area contributed by atoms with Crippen molar-refractivity contribution in [2.24, 2.45) is 0 Å². The average molecular weight is 474 g/mol. The molecule has 0 atom stereocenters. The van der Waals surface area contributed by atoms with Gasteiger partial charge in [0.15, 0.2) is 16.6 Å². The maximum Gasteiger partial charge on any atom is 0.322 e. The summed E-state index contributed by atoms with van der Waals surface area (Å²) in [7, 11) is -3.12. The lowest BCUT2D eigenvalue weighted by molar-refractivity contribution is -0.146. The molecule has 160 valence electrons. The molecule has 0 amide bonds. The lowest BCUT2D eigenvalue weighted by Crippen LogP contribution is -2.44. The predicted octanol–water partition coefficient (Wildman–Crippen LogP) is 6.61. The molecule has 0 spiro atoms. The van der Waals surface area contributed by atoms with Crippen LogP contribution in [0, 0.1) is 0 Å². The van der Waals surface area contributed by atoms with Crippen LogP contribution in [0.1, 0.15) is 54.9 Å². The van der Waals surface area contributed by atoms with Crippen LogP contribution >= 0.6 is 15.9 Å². The van der Waals surface area contributed by atoms with E-state index in [0.29, 0.717) is 19.8 Å². The number of carbonyl (C=O) groups is 1. The molecule has 0 bridgehead atoms. The van der Waals surface area contributed by atoms with Crippen molar-refractivity contribution in [2.75, 3.05) is 19.8 Å². The van der Waals surface area contributed by atoms with E-state index in [0.717, 1.165) is 12.5 Å². The summed E-state index contributed by atoms with van der Waals surface area (Å²) in [5, 5.41) is 0. The van der Waals surface area contributed by atoms with Crippen LogP contribution in [0.5, 0.6) is 0 Å². The second kappa shape index (κ2) is 14.3. The van der Waals surface area contributed by atoms with Crippen molar-refractivity contribution in [3.63, 3.8) is 0 Å². The molecule has 4 nitrogen and oxygen atoms in total. The molecule has 0 aromatic heterocycles. The van der Waals surface area contributed by atoms with Gasteiger partial charge in [0, 0.05) is 6.61 Å². The molecule has 0 heterocycles. The quantitative estimate of drug-likeness (QED) is 0.131. The van der Waals surface area contributed by atoms with Crippen molar-refractivity contribution in [1.29, 1.82) is 0 Å². The van der Waals surface area contributed by atoms with Crippen LogP contribution in [0.15, 0.2) is 0 Å². The molecule has 26 heavy (non-hydrogen) atoms. The number of carbonyl (C=O) groups excluding carboxylic acids is 1. The Balaban J connectivity index is -0.00000264. The first-order valence-electron chi connectivity index (χ1n) is 9.04. The Bertz CT molecular complexity index is 369. The van der Waals surface area contributed by atoms with Crippen molar-refractivity contribution in [3.05, 3.63) is 0 Å². The third-order valence-electron chi connectivity index (χ3n) is 3.70. The van der Waals surface area contributed by atoms with Gasteiger partial charge in [0.1, 0.15) is 10.9 Å². The summed E-state index contributed by atoms with van der Waals surface area (Å²) >= 11 is 3.28. The zero-order valence-electron chi connectivity index (χ0n) is 16.7. The molecule has 0 aromatic carbocycles. The van der Waals surface area contributed by atoms with Gasteiger partial charge in [-0.1, -0.05) is 50.5 Å². The lowest BCUT2D eigenvalue weighted by atomic mass is 10.2. The molecule has 0 aromatic rings. The maximum atomic E-state index is 11.6. The molecule has 0 aliphatic heterocycles. The minimum absolute atomic E-state index is 0. The number of hydrogen-bond donors (Lipinski definition) is 0. The van der Waals surface area contributed by atoms with Crippen LogP contribution in [0.4, 0.5) is 0 Å². The van der Waals surface area contributed by atoms with Crippen molar-refractivity contribution in [1.82, 2.24) is 0 Å². The molecule has 0 aliphatic carbocycles. The Morgan fingerprint density at radius 3 is 1.88 bits per heavy atom.